The van der Waals surface area contributed by atoms with Crippen molar-refractivity contribution in [3.63, 3.8) is 0 Å². The van der Waals surface area contributed by atoms with E-state index in [0.29, 0.717) is 12.1 Å². The maximum Gasteiger partial charge on any atom is 0.0622 e. The van der Waals surface area contributed by atoms with Crippen LogP contribution in [0.25, 0.3) is 0 Å². The molecule has 0 aromatic carbocycles. The zero-order chi connectivity index (χ0) is 12.0. The molecule has 1 aliphatic heterocycles. The van der Waals surface area contributed by atoms with Gasteiger partial charge in [-0.25, -0.2) is 0 Å². The van der Waals surface area contributed by atoms with Gasteiger partial charge in [0.25, 0.3) is 0 Å². The standard InChI is InChI=1S/C12H26N2O2/c1-10(2)13-11(8-15)4-6-14(3)12-5-7-16-9-12/h10-13,15H,4-9H2,1-3H3. The Morgan fingerprint density at radius 3 is 2.75 bits per heavy atom. The Bertz CT molecular complexity index is 180. The van der Waals surface area contributed by atoms with Crippen LogP contribution in [0.5, 0.6) is 0 Å². The third kappa shape index (κ3) is 4.78. The lowest BCUT2D eigenvalue weighted by Gasteiger charge is -2.26. The van der Waals surface area contributed by atoms with E-state index in [1.807, 2.05) is 0 Å². The SMILES string of the molecule is CC(C)NC(CO)CCN(C)C1CCOC1. The Hall–Kier alpha value is -0.160. The Labute approximate surface area is 99.0 Å². The first-order valence-electron chi connectivity index (χ1n) is 6.28. The smallest absolute Gasteiger partial charge is 0.0622 e. The van der Waals surface area contributed by atoms with Crippen molar-refractivity contribution in [1.82, 2.24) is 10.2 Å². The van der Waals surface area contributed by atoms with Gasteiger partial charge in [-0.2, -0.15) is 0 Å². The number of hydrogen-bond donors (Lipinski definition) is 2. The number of nitrogens with zero attached hydrogens (tertiary/aromatic N) is 1. The van der Waals surface area contributed by atoms with Gasteiger partial charge in [0.1, 0.15) is 0 Å². The predicted molar refractivity (Wildman–Crippen MR) is 65.6 cm³/mol. The van der Waals surface area contributed by atoms with Crippen molar-refractivity contribution in [3.8, 4) is 0 Å². The maximum absolute atomic E-state index is 9.25. The van der Waals surface area contributed by atoms with Crippen LogP contribution in [0.1, 0.15) is 26.7 Å². The quantitative estimate of drug-likeness (QED) is 0.667. The summed E-state index contributed by atoms with van der Waals surface area (Å²) in [6.45, 7) is 7.20. The highest BCUT2D eigenvalue weighted by Gasteiger charge is 2.20. The Balaban J connectivity index is 2.20. The largest absolute Gasteiger partial charge is 0.395 e. The lowest BCUT2D eigenvalue weighted by atomic mass is 10.1. The van der Waals surface area contributed by atoms with Crippen LogP contribution in [0.3, 0.4) is 0 Å². The van der Waals surface area contributed by atoms with Crippen molar-refractivity contribution in [2.45, 2.75) is 44.8 Å². The number of aliphatic hydroxyl groups is 1. The topological polar surface area (TPSA) is 44.7 Å². The molecule has 2 unspecified atom stereocenters. The molecule has 1 fully saturated rings. The molecule has 4 nitrogen and oxygen atoms in total. The second-order valence-corrected chi connectivity index (χ2v) is 4.99. The molecular formula is C12H26N2O2. The summed E-state index contributed by atoms with van der Waals surface area (Å²) in [6, 6.07) is 1.21. The maximum atomic E-state index is 9.25. The molecule has 1 heterocycles. The average Bonchev–Trinajstić information content (AvgIpc) is 2.76. The van der Waals surface area contributed by atoms with Gasteiger partial charge in [-0.3, -0.25) is 0 Å². The van der Waals surface area contributed by atoms with E-state index in [9.17, 15) is 5.11 Å². The molecule has 96 valence electrons. The summed E-state index contributed by atoms with van der Waals surface area (Å²) in [4.78, 5) is 2.34. The molecule has 4 heteroatoms. The molecule has 0 amide bonds. The lowest BCUT2D eigenvalue weighted by molar-refractivity contribution is 0.150. The van der Waals surface area contributed by atoms with Gasteiger partial charge in [-0.15, -0.1) is 0 Å². The number of ether oxygens (including phenoxy) is 1. The first kappa shape index (κ1) is 13.9. The van der Waals surface area contributed by atoms with E-state index in [4.69, 9.17) is 4.74 Å². The van der Waals surface area contributed by atoms with E-state index >= 15 is 0 Å². The highest BCUT2D eigenvalue weighted by molar-refractivity contribution is 4.76. The number of nitrogens with one attached hydrogen (secondary N) is 1. The normalized spacial score (nSPS) is 23.2. The van der Waals surface area contributed by atoms with Gasteiger partial charge < -0.3 is 20.1 Å². The summed E-state index contributed by atoms with van der Waals surface area (Å²) >= 11 is 0. The molecule has 16 heavy (non-hydrogen) atoms. The molecular weight excluding hydrogens is 204 g/mol. The van der Waals surface area contributed by atoms with Gasteiger partial charge in [0, 0.05) is 24.7 Å². The number of aliphatic hydroxyl groups excluding tert-OH is 1. The third-order valence-electron chi connectivity index (χ3n) is 3.15. The van der Waals surface area contributed by atoms with Crippen LogP contribution in [0.15, 0.2) is 0 Å². The van der Waals surface area contributed by atoms with E-state index in [0.717, 1.165) is 32.6 Å². The fourth-order valence-electron chi connectivity index (χ4n) is 2.11. The molecule has 2 N–H and O–H groups in total. The highest BCUT2D eigenvalue weighted by Crippen LogP contribution is 2.11. The van der Waals surface area contributed by atoms with Crippen molar-refractivity contribution in [2.24, 2.45) is 0 Å². The van der Waals surface area contributed by atoms with Crippen LogP contribution in [0.2, 0.25) is 0 Å². The molecule has 0 aromatic heterocycles. The zero-order valence-electron chi connectivity index (χ0n) is 10.8. The first-order valence-corrected chi connectivity index (χ1v) is 6.28. The molecule has 1 aliphatic rings. The fourth-order valence-corrected chi connectivity index (χ4v) is 2.11. The summed E-state index contributed by atoms with van der Waals surface area (Å²) in [6.07, 6.45) is 2.12. The predicted octanol–water partition coefficient (Wildman–Crippen LogP) is 0.456. The Morgan fingerprint density at radius 2 is 2.25 bits per heavy atom. The third-order valence-corrected chi connectivity index (χ3v) is 3.15. The zero-order valence-corrected chi connectivity index (χ0v) is 10.8. The summed E-state index contributed by atoms with van der Waals surface area (Å²) in [7, 11) is 2.14. The van der Waals surface area contributed by atoms with Crippen molar-refractivity contribution in [2.75, 3.05) is 33.4 Å². The molecule has 0 aliphatic carbocycles. The van der Waals surface area contributed by atoms with Gasteiger partial charge in [0.05, 0.1) is 13.2 Å². The van der Waals surface area contributed by atoms with Gasteiger partial charge in [0.15, 0.2) is 0 Å². The minimum absolute atomic E-state index is 0.213. The van der Waals surface area contributed by atoms with E-state index < -0.39 is 0 Å². The second kappa shape index (κ2) is 7.22. The Kier molecular flexibility index (Phi) is 6.28. The molecule has 0 spiro atoms. The van der Waals surface area contributed by atoms with Crippen LogP contribution in [0, 0.1) is 0 Å². The van der Waals surface area contributed by atoms with Crippen molar-refractivity contribution in [3.05, 3.63) is 0 Å². The summed E-state index contributed by atoms with van der Waals surface area (Å²) < 4.78 is 5.37. The molecule has 0 bridgehead atoms. The molecule has 2 atom stereocenters. The van der Waals surface area contributed by atoms with Crippen LogP contribution >= 0.6 is 0 Å². The van der Waals surface area contributed by atoms with Gasteiger partial charge in [-0.05, 0) is 26.4 Å². The minimum atomic E-state index is 0.213. The van der Waals surface area contributed by atoms with E-state index in [1.54, 1.807) is 0 Å². The molecule has 0 radical (unpaired) electrons. The van der Waals surface area contributed by atoms with Crippen molar-refractivity contribution < 1.29 is 9.84 Å². The van der Waals surface area contributed by atoms with Crippen molar-refractivity contribution in [1.29, 1.82) is 0 Å². The van der Waals surface area contributed by atoms with Crippen LogP contribution < -0.4 is 5.32 Å². The lowest BCUT2D eigenvalue weighted by Crippen LogP contribution is -2.41. The average molecular weight is 230 g/mol. The van der Waals surface area contributed by atoms with E-state index in [1.165, 1.54) is 0 Å². The Morgan fingerprint density at radius 1 is 1.50 bits per heavy atom. The van der Waals surface area contributed by atoms with Gasteiger partial charge in [-0.1, -0.05) is 13.8 Å². The number of likely N-dealkylation sites (N-methyl/N-ethyl adjacent to an activating group) is 1. The van der Waals surface area contributed by atoms with Crippen LogP contribution in [0.4, 0.5) is 0 Å². The van der Waals surface area contributed by atoms with E-state index in [-0.39, 0.29) is 12.6 Å². The van der Waals surface area contributed by atoms with Crippen LogP contribution in [-0.4, -0.2) is 61.5 Å². The van der Waals surface area contributed by atoms with Crippen molar-refractivity contribution >= 4 is 0 Å². The molecule has 1 saturated heterocycles. The number of hydrogen-bond acceptors (Lipinski definition) is 4. The summed E-state index contributed by atoms with van der Waals surface area (Å²) in [5, 5.41) is 12.6. The molecule has 0 saturated carbocycles. The summed E-state index contributed by atoms with van der Waals surface area (Å²) in [5.41, 5.74) is 0. The second-order valence-electron chi connectivity index (χ2n) is 4.99. The molecule has 1 rings (SSSR count). The minimum Gasteiger partial charge on any atom is -0.395 e. The van der Waals surface area contributed by atoms with Crippen LogP contribution in [-0.2, 0) is 4.74 Å². The monoisotopic (exact) mass is 230 g/mol. The molecule has 0 aromatic rings. The van der Waals surface area contributed by atoms with Gasteiger partial charge in [0.2, 0.25) is 0 Å². The fraction of sp³-hybridized carbons (Fsp3) is 1.00. The first-order chi connectivity index (χ1) is 7.63. The number of rotatable bonds is 7. The summed E-state index contributed by atoms with van der Waals surface area (Å²) in [5.74, 6) is 0. The van der Waals surface area contributed by atoms with E-state index in [2.05, 4.69) is 31.1 Å². The highest BCUT2D eigenvalue weighted by atomic mass is 16.5. The van der Waals surface area contributed by atoms with Gasteiger partial charge >= 0.3 is 0 Å².